The summed E-state index contributed by atoms with van der Waals surface area (Å²) in [5.74, 6) is -1.50. The van der Waals surface area contributed by atoms with Crippen molar-refractivity contribution in [3.63, 3.8) is 0 Å². The normalized spacial score (nSPS) is 11.3. The third kappa shape index (κ3) is 5.78. The molecular weight excluding hydrogens is 456 g/mol. The number of carbonyl (C=O) groups excluding carboxylic acids is 2. The van der Waals surface area contributed by atoms with Crippen LogP contribution < -0.4 is 5.32 Å². The lowest BCUT2D eigenvalue weighted by Gasteiger charge is -2.17. The molecule has 0 atom stereocenters. The molecule has 1 N–H and O–H groups in total. The van der Waals surface area contributed by atoms with Gasteiger partial charge in [-0.2, -0.15) is 18.0 Å². The van der Waals surface area contributed by atoms with Gasteiger partial charge in [-0.15, -0.1) is 10.2 Å². The monoisotopic (exact) mass is 470 g/mol. The molecular formula is C19H15ClF4N6O2. The molecule has 168 valence electrons. The van der Waals surface area contributed by atoms with Gasteiger partial charge in [-0.1, -0.05) is 11.6 Å². The first kappa shape index (κ1) is 23.1. The Balaban J connectivity index is 1.58. The van der Waals surface area contributed by atoms with Crippen LogP contribution in [-0.4, -0.2) is 50.5 Å². The third-order valence-electron chi connectivity index (χ3n) is 4.19. The Labute approximate surface area is 183 Å². The number of likely N-dealkylation sites (N-methyl/N-ethyl adjacent to an activating group) is 1. The van der Waals surface area contributed by atoms with Crippen LogP contribution in [0.25, 0.3) is 11.4 Å². The summed E-state index contributed by atoms with van der Waals surface area (Å²) in [7, 11) is 1.34. The zero-order valence-electron chi connectivity index (χ0n) is 16.4. The number of nitrogens with zero attached hydrogens (tertiary/aromatic N) is 5. The van der Waals surface area contributed by atoms with E-state index in [-0.39, 0.29) is 18.1 Å². The van der Waals surface area contributed by atoms with Gasteiger partial charge in [-0.25, -0.2) is 4.39 Å². The van der Waals surface area contributed by atoms with Crippen molar-refractivity contribution in [1.29, 1.82) is 0 Å². The second-order valence-electron chi connectivity index (χ2n) is 6.64. The highest BCUT2D eigenvalue weighted by Gasteiger charge is 2.33. The number of alkyl halides is 3. The van der Waals surface area contributed by atoms with Crippen molar-refractivity contribution < 1.29 is 27.2 Å². The minimum atomic E-state index is -4.68. The number of rotatable bonds is 6. The number of amides is 2. The minimum Gasteiger partial charge on any atom is -0.335 e. The molecule has 0 spiro atoms. The van der Waals surface area contributed by atoms with E-state index in [0.717, 1.165) is 15.8 Å². The number of nitrogens with one attached hydrogen (secondary N) is 1. The highest BCUT2D eigenvalue weighted by atomic mass is 35.5. The molecule has 3 rings (SSSR count). The number of carbonyl (C=O) groups is 2. The molecule has 2 amide bonds. The molecule has 0 saturated heterocycles. The largest absolute Gasteiger partial charge is 0.417 e. The number of anilines is 1. The van der Waals surface area contributed by atoms with E-state index in [4.69, 9.17) is 11.6 Å². The lowest BCUT2D eigenvalue weighted by atomic mass is 10.2. The summed E-state index contributed by atoms with van der Waals surface area (Å²) in [6.07, 6.45) is -4.68. The summed E-state index contributed by atoms with van der Waals surface area (Å²) in [5, 5.41) is 13.3. The van der Waals surface area contributed by atoms with Crippen LogP contribution in [0.15, 0.2) is 42.5 Å². The van der Waals surface area contributed by atoms with Crippen LogP contribution in [0, 0.1) is 5.82 Å². The molecule has 32 heavy (non-hydrogen) atoms. The van der Waals surface area contributed by atoms with E-state index in [9.17, 15) is 27.2 Å². The van der Waals surface area contributed by atoms with Crippen LogP contribution in [0.4, 0.5) is 23.2 Å². The predicted molar refractivity (Wildman–Crippen MR) is 106 cm³/mol. The summed E-state index contributed by atoms with van der Waals surface area (Å²) >= 11 is 5.55. The zero-order valence-corrected chi connectivity index (χ0v) is 17.2. The average molecular weight is 471 g/mol. The summed E-state index contributed by atoms with van der Waals surface area (Å²) in [6, 6.07) is 8.31. The van der Waals surface area contributed by atoms with Gasteiger partial charge < -0.3 is 10.2 Å². The first-order valence-electron chi connectivity index (χ1n) is 8.97. The van der Waals surface area contributed by atoms with Crippen molar-refractivity contribution in [3.05, 3.63) is 58.9 Å². The molecule has 3 aromatic rings. The zero-order chi connectivity index (χ0) is 23.5. The fourth-order valence-electron chi connectivity index (χ4n) is 2.59. The predicted octanol–water partition coefficient (Wildman–Crippen LogP) is 3.25. The van der Waals surface area contributed by atoms with E-state index in [1.54, 1.807) is 0 Å². The molecule has 0 aliphatic carbocycles. The average Bonchev–Trinajstić information content (AvgIpc) is 3.17. The molecule has 1 heterocycles. The Kier molecular flexibility index (Phi) is 6.72. The SMILES string of the molecule is CN(CC(=O)Nc1ccc(Cl)c(C(F)(F)F)c1)C(=O)Cn1nnc(-c2ccc(F)cc2)n1. The third-order valence-corrected chi connectivity index (χ3v) is 4.52. The lowest BCUT2D eigenvalue weighted by Crippen LogP contribution is -2.37. The number of benzene rings is 2. The maximum absolute atomic E-state index is 13.0. The number of aromatic nitrogens is 4. The van der Waals surface area contributed by atoms with Gasteiger partial charge in [0, 0.05) is 18.3 Å². The van der Waals surface area contributed by atoms with Crippen molar-refractivity contribution in [2.75, 3.05) is 18.9 Å². The van der Waals surface area contributed by atoms with Crippen molar-refractivity contribution in [2.45, 2.75) is 12.7 Å². The summed E-state index contributed by atoms with van der Waals surface area (Å²) < 4.78 is 51.8. The summed E-state index contributed by atoms with van der Waals surface area (Å²) in [4.78, 5) is 26.5. The van der Waals surface area contributed by atoms with Gasteiger partial charge in [0.2, 0.25) is 17.6 Å². The van der Waals surface area contributed by atoms with Gasteiger partial charge in [-0.3, -0.25) is 9.59 Å². The minimum absolute atomic E-state index is 0.116. The van der Waals surface area contributed by atoms with E-state index >= 15 is 0 Å². The van der Waals surface area contributed by atoms with Gasteiger partial charge in [0.15, 0.2) is 0 Å². The van der Waals surface area contributed by atoms with Crippen molar-refractivity contribution in [1.82, 2.24) is 25.1 Å². The second kappa shape index (κ2) is 9.30. The molecule has 8 nitrogen and oxygen atoms in total. The van der Waals surface area contributed by atoms with Gasteiger partial charge in [0.25, 0.3) is 0 Å². The molecule has 0 fully saturated rings. The van der Waals surface area contributed by atoms with Gasteiger partial charge in [0.05, 0.1) is 17.1 Å². The van der Waals surface area contributed by atoms with Crippen LogP contribution in [0.3, 0.4) is 0 Å². The maximum Gasteiger partial charge on any atom is 0.417 e. The summed E-state index contributed by atoms with van der Waals surface area (Å²) in [5.41, 5.74) is -0.705. The van der Waals surface area contributed by atoms with Gasteiger partial charge >= 0.3 is 6.18 Å². The van der Waals surface area contributed by atoms with E-state index in [0.29, 0.717) is 11.6 Å². The van der Waals surface area contributed by atoms with Crippen LogP contribution in [0.2, 0.25) is 5.02 Å². The molecule has 1 aromatic heterocycles. The maximum atomic E-state index is 13.0. The van der Waals surface area contributed by atoms with Crippen LogP contribution in [-0.2, 0) is 22.3 Å². The molecule has 0 bridgehead atoms. The van der Waals surface area contributed by atoms with Crippen LogP contribution >= 0.6 is 11.6 Å². The molecule has 13 heteroatoms. The van der Waals surface area contributed by atoms with Gasteiger partial charge in [-0.05, 0) is 47.7 Å². The van der Waals surface area contributed by atoms with E-state index in [1.165, 1.54) is 37.4 Å². The topological polar surface area (TPSA) is 93.0 Å². The van der Waals surface area contributed by atoms with Crippen molar-refractivity contribution in [2.24, 2.45) is 0 Å². The quantitative estimate of drug-likeness (QED) is 0.558. The lowest BCUT2D eigenvalue weighted by molar-refractivity contribution is -0.137. The molecule has 0 unspecified atom stereocenters. The number of hydrogen-bond acceptors (Lipinski definition) is 5. The molecule has 2 aromatic carbocycles. The van der Waals surface area contributed by atoms with Crippen molar-refractivity contribution >= 4 is 29.1 Å². The Morgan fingerprint density at radius 3 is 2.50 bits per heavy atom. The second-order valence-corrected chi connectivity index (χ2v) is 7.05. The van der Waals surface area contributed by atoms with Gasteiger partial charge in [0.1, 0.15) is 12.4 Å². The fourth-order valence-corrected chi connectivity index (χ4v) is 2.82. The standard InChI is InChI=1S/C19H15ClF4N6O2/c1-29(9-16(31)25-13-6-7-15(20)14(8-13)19(22,23)24)17(32)10-30-27-18(26-28-30)11-2-4-12(21)5-3-11/h2-8H,9-10H2,1H3,(H,25,31). The van der Waals surface area contributed by atoms with Crippen molar-refractivity contribution in [3.8, 4) is 11.4 Å². The first-order chi connectivity index (χ1) is 15.0. The Bertz CT molecular complexity index is 1130. The van der Waals surface area contributed by atoms with E-state index < -0.39 is 40.9 Å². The number of halogens is 5. The number of hydrogen-bond donors (Lipinski definition) is 1. The molecule has 0 aliphatic rings. The Morgan fingerprint density at radius 2 is 1.84 bits per heavy atom. The van der Waals surface area contributed by atoms with E-state index in [1.807, 2.05) is 0 Å². The molecule has 0 radical (unpaired) electrons. The van der Waals surface area contributed by atoms with Crippen LogP contribution in [0.5, 0.6) is 0 Å². The summed E-state index contributed by atoms with van der Waals surface area (Å²) in [6.45, 7) is -0.764. The molecule has 0 saturated carbocycles. The fraction of sp³-hybridized carbons (Fsp3) is 0.211. The van der Waals surface area contributed by atoms with E-state index in [2.05, 4.69) is 20.7 Å². The first-order valence-corrected chi connectivity index (χ1v) is 9.35. The highest BCUT2D eigenvalue weighted by Crippen LogP contribution is 2.36. The molecule has 0 aliphatic heterocycles. The number of tetrazole rings is 1. The Hall–Kier alpha value is -3.54. The smallest absolute Gasteiger partial charge is 0.335 e. The Morgan fingerprint density at radius 1 is 1.16 bits per heavy atom. The highest BCUT2D eigenvalue weighted by molar-refractivity contribution is 6.31. The van der Waals surface area contributed by atoms with Crippen LogP contribution in [0.1, 0.15) is 5.56 Å².